The molecular formula is C10H5BrN2O5S. The number of rotatable bonds is 2. The van der Waals surface area contributed by atoms with Crippen molar-refractivity contribution in [3.8, 4) is 5.75 Å². The lowest BCUT2D eigenvalue weighted by Crippen LogP contribution is -2.17. The Labute approximate surface area is 119 Å². The number of imide groups is 1. The number of nitro groups is 1. The van der Waals surface area contributed by atoms with E-state index in [2.05, 4.69) is 15.9 Å². The molecule has 98 valence electrons. The van der Waals surface area contributed by atoms with Crippen LogP contribution in [0.4, 0.5) is 10.5 Å². The zero-order valence-electron chi connectivity index (χ0n) is 9.05. The van der Waals surface area contributed by atoms with Crippen LogP contribution in [0.1, 0.15) is 5.56 Å². The summed E-state index contributed by atoms with van der Waals surface area (Å²) in [6, 6.07) is 2.26. The number of aromatic hydroxyl groups is 1. The fourth-order valence-corrected chi connectivity index (χ4v) is 2.52. The lowest BCUT2D eigenvalue weighted by Gasteiger charge is -2.02. The van der Waals surface area contributed by atoms with Crippen LogP contribution in [0, 0.1) is 10.1 Å². The van der Waals surface area contributed by atoms with Crippen LogP contribution in [0.15, 0.2) is 21.5 Å². The zero-order valence-corrected chi connectivity index (χ0v) is 11.4. The highest BCUT2D eigenvalue weighted by Gasteiger charge is 2.26. The second-order valence-electron chi connectivity index (χ2n) is 3.47. The smallest absolute Gasteiger partial charge is 0.290 e. The van der Waals surface area contributed by atoms with Crippen LogP contribution >= 0.6 is 27.7 Å². The van der Waals surface area contributed by atoms with Gasteiger partial charge < -0.3 is 5.11 Å². The first-order valence-electron chi connectivity index (χ1n) is 4.80. The second-order valence-corrected chi connectivity index (χ2v) is 5.34. The molecule has 0 aromatic heterocycles. The lowest BCUT2D eigenvalue weighted by atomic mass is 10.1. The standard InChI is InChI=1S/C10H5BrN2O5S/c11-6-3-5(13(17)18)1-4(8(6)14)2-7-9(15)12-10(16)19-7/h1-3,14H,(H,12,15,16)/b7-2-. The Balaban J connectivity index is 2.51. The van der Waals surface area contributed by atoms with Gasteiger partial charge in [-0.25, -0.2) is 0 Å². The van der Waals surface area contributed by atoms with Gasteiger partial charge in [-0.05, 0) is 33.8 Å². The topological polar surface area (TPSA) is 110 Å². The van der Waals surface area contributed by atoms with Gasteiger partial charge >= 0.3 is 0 Å². The average Bonchev–Trinajstić information content (AvgIpc) is 2.63. The van der Waals surface area contributed by atoms with E-state index in [1.807, 2.05) is 5.32 Å². The van der Waals surface area contributed by atoms with Crippen molar-refractivity contribution in [2.45, 2.75) is 0 Å². The molecule has 0 radical (unpaired) electrons. The maximum absolute atomic E-state index is 11.4. The van der Waals surface area contributed by atoms with E-state index in [0.29, 0.717) is 11.8 Å². The van der Waals surface area contributed by atoms with Gasteiger partial charge in [0.05, 0.1) is 14.3 Å². The number of phenolic OH excluding ortho intramolecular Hbond substituents is 1. The molecule has 1 saturated heterocycles. The van der Waals surface area contributed by atoms with Crippen LogP contribution in [0.5, 0.6) is 5.75 Å². The lowest BCUT2D eigenvalue weighted by molar-refractivity contribution is -0.385. The zero-order chi connectivity index (χ0) is 14.2. The van der Waals surface area contributed by atoms with E-state index in [-0.39, 0.29) is 26.4 Å². The summed E-state index contributed by atoms with van der Waals surface area (Å²) < 4.78 is 0.128. The van der Waals surface area contributed by atoms with Crippen molar-refractivity contribution >= 4 is 50.6 Å². The highest BCUT2D eigenvalue weighted by atomic mass is 79.9. The van der Waals surface area contributed by atoms with E-state index in [1.165, 1.54) is 6.08 Å². The number of nitro benzene ring substituents is 1. The molecule has 0 bridgehead atoms. The van der Waals surface area contributed by atoms with Crippen molar-refractivity contribution in [3.05, 3.63) is 37.2 Å². The number of non-ortho nitro benzene ring substituents is 1. The highest BCUT2D eigenvalue weighted by molar-refractivity contribution is 9.10. The number of nitrogens with zero attached hydrogens (tertiary/aromatic N) is 1. The third-order valence-corrected chi connectivity index (χ3v) is 3.63. The molecule has 1 aromatic rings. The van der Waals surface area contributed by atoms with Crippen LogP contribution in [-0.4, -0.2) is 21.2 Å². The molecular weight excluding hydrogens is 340 g/mol. The Hall–Kier alpha value is -1.87. The fourth-order valence-electron chi connectivity index (χ4n) is 1.38. The van der Waals surface area contributed by atoms with Crippen LogP contribution in [-0.2, 0) is 4.79 Å². The van der Waals surface area contributed by atoms with Crippen LogP contribution in [0.2, 0.25) is 0 Å². The highest BCUT2D eigenvalue weighted by Crippen LogP contribution is 2.36. The molecule has 1 heterocycles. The molecule has 0 spiro atoms. The van der Waals surface area contributed by atoms with Crippen molar-refractivity contribution in [1.82, 2.24) is 5.32 Å². The molecule has 0 saturated carbocycles. The van der Waals surface area contributed by atoms with Gasteiger partial charge in [-0.2, -0.15) is 0 Å². The summed E-state index contributed by atoms with van der Waals surface area (Å²) >= 11 is 3.65. The van der Waals surface area contributed by atoms with E-state index in [9.17, 15) is 24.8 Å². The molecule has 2 amide bonds. The van der Waals surface area contributed by atoms with Crippen LogP contribution in [0.3, 0.4) is 0 Å². The SMILES string of the molecule is O=C1NC(=O)/C(=C/c2cc([N+](=O)[O-])cc(Br)c2O)S1. The maximum Gasteiger partial charge on any atom is 0.290 e. The molecule has 7 nitrogen and oxygen atoms in total. The number of thioether (sulfide) groups is 1. The van der Waals surface area contributed by atoms with Gasteiger partial charge in [0.15, 0.2) is 0 Å². The molecule has 1 aliphatic rings. The van der Waals surface area contributed by atoms with E-state index in [4.69, 9.17) is 0 Å². The van der Waals surface area contributed by atoms with Crippen molar-refractivity contribution in [2.24, 2.45) is 0 Å². The number of benzene rings is 1. The minimum absolute atomic E-state index is 0.0627. The van der Waals surface area contributed by atoms with E-state index in [1.54, 1.807) is 0 Å². The first-order chi connectivity index (χ1) is 8.88. The Bertz CT molecular complexity index is 643. The summed E-state index contributed by atoms with van der Waals surface area (Å²) in [5.74, 6) is -0.845. The number of halogens is 1. The first-order valence-corrected chi connectivity index (χ1v) is 6.41. The number of carbonyl (C=O) groups excluding carboxylic acids is 2. The minimum atomic E-state index is -0.626. The monoisotopic (exact) mass is 344 g/mol. The van der Waals surface area contributed by atoms with Gasteiger partial charge in [0.25, 0.3) is 16.8 Å². The Morgan fingerprint density at radius 2 is 2.11 bits per heavy atom. The first kappa shape index (κ1) is 13.6. The Morgan fingerprint density at radius 3 is 2.63 bits per heavy atom. The predicted molar refractivity (Wildman–Crippen MR) is 71.6 cm³/mol. The van der Waals surface area contributed by atoms with Crippen molar-refractivity contribution < 1.29 is 19.6 Å². The van der Waals surface area contributed by atoms with Gasteiger partial charge in [0.2, 0.25) is 0 Å². The number of hydrogen-bond acceptors (Lipinski definition) is 6. The van der Waals surface area contributed by atoms with Gasteiger partial charge in [-0.1, -0.05) is 0 Å². The molecule has 1 aromatic carbocycles. The number of carbonyl (C=O) groups is 2. The van der Waals surface area contributed by atoms with E-state index < -0.39 is 16.1 Å². The predicted octanol–water partition coefficient (Wildman–Crippen LogP) is 2.39. The molecule has 9 heteroatoms. The third kappa shape index (κ3) is 2.76. The molecule has 19 heavy (non-hydrogen) atoms. The normalized spacial score (nSPS) is 16.8. The Morgan fingerprint density at radius 1 is 1.42 bits per heavy atom. The molecule has 2 N–H and O–H groups in total. The summed E-state index contributed by atoms with van der Waals surface area (Å²) in [7, 11) is 0. The number of phenols is 1. The maximum atomic E-state index is 11.4. The van der Waals surface area contributed by atoms with Crippen molar-refractivity contribution in [2.75, 3.05) is 0 Å². The molecule has 2 rings (SSSR count). The Kier molecular flexibility index (Phi) is 3.58. The van der Waals surface area contributed by atoms with Crippen LogP contribution < -0.4 is 5.32 Å². The average molecular weight is 345 g/mol. The molecule has 0 atom stereocenters. The quantitative estimate of drug-likeness (QED) is 0.484. The summed E-state index contributed by atoms with van der Waals surface area (Å²) in [4.78, 5) is 32.5. The molecule has 0 unspecified atom stereocenters. The number of nitrogens with one attached hydrogen (secondary N) is 1. The molecule has 1 aliphatic heterocycles. The van der Waals surface area contributed by atoms with Gasteiger partial charge in [0, 0.05) is 17.7 Å². The van der Waals surface area contributed by atoms with E-state index in [0.717, 1.165) is 12.1 Å². The molecule has 1 fully saturated rings. The number of hydrogen-bond donors (Lipinski definition) is 2. The van der Waals surface area contributed by atoms with E-state index >= 15 is 0 Å². The summed E-state index contributed by atoms with van der Waals surface area (Å²) in [5, 5.41) is 22.0. The minimum Gasteiger partial charge on any atom is -0.506 e. The van der Waals surface area contributed by atoms with Crippen LogP contribution in [0.25, 0.3) is 6.08 Å². The second kappa shape index (κ2) is 5.02. The fraction of sp³-hybridized carbons (Fsp3) is 0. The van der Waals surface area contributed by atoms with Crippen molar-refractivity contribution in [3.63, 3.8) is 0 Å². The number of amides is 2. The summed E-state index contributed by atoms with van der Waals surface area (Å²) in [6.07, 6.45) is 1.22. The van der Waals surface area contributed by atoms with Gasteiger partial charge in [0.1, 0.15) is 5.75 Å². The summed E-state index contributed by atoms with van der Waals surface area (Å²) in [5.41, 5.74) is -0.167. The molecule has 0 aliphatic carbocycles. The van der Waals surface area contributed by atoms with Gasteiger partial charge in [-0.15, -0.1) is 0 Å². The van der Waals surface area contributed by atoms with Gasteiger partial charge in [-0.3, -0.25) is 25.0 Å². The van der Waals surface area contributed by atoms with Crippen molar-refractivity contribution in [1.29, 1.82) is 0 Å². The summed E-state index contributed by atoms with van der Waals surface area (Å²) in [6.45, 7) is 0. The third-order valence-electron chi connectivity index (χ3n) is 2.22. The largest absolute Gasteiger partial charge is 0.506 e.